The van der Waals surface area contributed by atoms with Crippen LogP contribution >= 0.6 is 15.9 Å². The zero-order chi connectivity index (χ0) is 22.6. The molecule has 1 aromatic carbocycles. The number of piperidine rings is 1. The third kappa shape index (κ3) is 5.92. The van der Waals surface area contributed by atoms with Crippen molar-refractivity contribution in [1.82, 2.24) is 9.88 Å². The maximum absolute atomic E-state index is 14.8. The number of hydrogen-bond donors (Lipinski definition) is 2. The lowest BCUT2D eigenvalue weighted by molar-refractivity contribution is 0.0125. The number of carbonyl (C=O) groups excluding carboxylic acids is 1. The molecule has 1 amide bonds. The Balaban J connectivity index is 0.00000155. The SMILES string of the molecule is CC(C)(C)OC(=O)N1CC[C@H](Nc2c(N)cnc3cc(F)c(Br)cc23)C(F)C1.S=S. The number of alkyl halides is 1. The normalized spacial score (nSPS) is 19.1. The second-order valence-electron chi connectivity index (χ2n) is 7.85. The minimum absolute atomic E-state index is 0.0756. The summed E-state index contributed by atoms with van der Waals surface area (Å²) in [5.41, 5.74) is 6.67. The van der Waals surface area contributed by atoms with E-state index in [1.54, 1.807) is 26.8 Å². The second kappa shape index (κ2) is 10.1. The van der Waals surface area contributed by atoms with E-state index in [9.17, 15) is 13.6 Å². The van der Waals surface area contributed by atoms with Crippen LogP contribution in [0.3, 0.4) is 0 Å². The number of benzene rings is 1. The van der Waals surface area contributed by atoms with E-state index >= 15 is 0 Å². The Kier molecular flexibility index (Phi) is 8.23. The number of rotatable bonds is 2. The molecule has 6 nitrogen and oxygen atoms in total. The van der Waals surface area contributed by atoms with Crippen LogP contribution in [0.15, 0.2) is 22.8 Å². The number of pyridine rings is 1. The van der Waals surface area contributed by atoms with Gasteiger partial charge < -0.3 is 20.7 Å². The molecule has 2 atom stereocenters. The third-order valence-corrected chi connectivity index (χ3v) is 5.07. The van der Waals surface area contributed by atoms with Gasteiger partial charge in [-0.1, -0.05) is 0 Å². The van der Waals surface area contributed by atoms with Crippen molar-refractivity contribution < 1.29 is 18.3 Å². The van der Waals surface area contributed by atoms with E-state index in [1.165, 1.54) is 17.2 Å². The van der Waals surface area contributed by atoms with Gasteiger partial charge >= 0.3 is 6.09 Å². The molecule has 0 spiro atoms. The lowest BCUT2D eigenvalue weighted by atomic mass is 10.0. The van der Waals surface area contributed by atoms with Gasteiger partial charge in [-0.2, -0.15) is 0 Å². The molecule has 1 aliphatic rings. The number of amides is 1. The molecule has 0 saturated carbocycles. The summed E-state index contributed by atoms with van der Waals surface area (Å²) in [7, 11) is 0. The highest BCUT2D eigenvalue weighted by atomic mass is 79.9. The molecule has 11 heteroatoms. The van der Waals surface area contributed by atoms with E-state index in [-0.39, 0.29) is 11.0 Å². The number of aromatic nitrogens is 1. The van der Waals surface area contributed by atoms with E-state index in [2.05, 4.69) is 48.6 Å². The average Bonchev–Trinajstić information content (AvgIpc) is 2.67. The van der Waals surface area contributed by atoms with Gasteiger partial charge in [-0.15, -0.1) is 0 Å². The maximum Gasteiger partial charge on any atom is 0.410 e. The molecule has 1 saturated heterocycles. The molecule has 164 valence electrons. The summed E-state index contributed by atoms with van der Waals surface area (Å²) < 4.78 is 34.2. The number of nitrogen functional groups attached to an aromatic ring is 1. The monoisotopic (exact) mass is 520 g/mol. The van der Waals surface area contributed by atoms with E-state index in [0.717, 1.165) is 0 Å². The van der Waals surface area contributed by atoms with Crippen LogP contribution in [-0.4, -0.2) is 46.9 Å². The molecule has 1 fully saturated rings. The van der Waals surface area contributed by atoms with Crippen molar-refractivity contribution in [2.24, 2.45) is 0 Å². The molecular formula is C19H23BrF2N4O2S2. The number of likely N-dealkylation sites (tertiary alicyclic amines) is 1. The minimum Gasteiger partial charge on any atom is -0.444 e. The zero-order valence-electron chi connectivity index (χ0n) is 16.7. The van der Waals surface area contributed by atoms with Crippen molar-refractivity contribution in [3.8, 4) is 0 Å². The average molecular weight is 521 g/mol. The fraction of sp³-hybridized carbons (Fsp3) is 0.474. The predicted octanol–water partition coefficient (Wildman–Crippen LogP) is 4.47. The topological polar surface area (TPSA) is 80.5 Å². The summed E-state index contributed by atoms with van der Waals surface area (Å²) in [6.07, 6.45) is -0.0396. The summed E-state index contributed by atoms with van der Waals surface area (Å²) in [5.74, 6) is -0.440. The fourth-order valence-electron chi connectivity index (χ4n) is 3.11. The second-order valence-corrected chi connectivity index (χ2v) is 8.71. The first kappa shape index (κ1) is 24.5. The van der Waals surface area contributed by atoms with Crippen LogP contribution in [-0.2, 0) is 27.1 Å². The van der Waals surface area contributed by atoms with E-state index < -0.39 is 29.7 Å². The number of nitrogens with one attached hydrogen (secondary N) is 1. The van der Waals surface area contributed by atoms with Crippen LogP contribution in [0.25, 0.3) is 10.9 Å². The molecule has 2 heterocycles. The van der Waals surface area contributed by atoms with Crippen molar-refractivity contribution >= 4 is 66.7 Å². The van der Waals surface area contributed by atoms with Gasteiger partial charge in [-0.05, 0) is 49.2 Å². The van der Waals surface area contributed by atoms with Crippen LogP contribution in [0.5, 0.6) is 0 Å². The predicted molar refractivity (Wildman–Crippen MR) is 123 cm³/mol. The number of hydrogen-bond acceptors (Lipinski definition) is 7. The minimum atomic E-state index is -1.31. The van der Waals surface area contributed by atoms with Crippen molar-refractivity contribution in [3.63, 3.8) is 0 Å². The van der Waals surface area contributed by atoms with Crippen LogP contribution in [0.2, 0.25) is 0 Å². The molecule has 0 aliphatic carbocycles. The first-order valence-electron chi connectivity index (χ1n) is 9.13. The number of halogens is 3. The Hall–Kier alpha value is -1.72. The fourth-order valence-corrected chi connectivity index (χ4v) is 3.45. The van der Waals surface area contributed by atoms with Gasteiger partial charge in [0, 0.05) is 40.4 Å². The maximum atomic E-state index is 14.8. The number of ether oxygens (including phenoxy) is 1. The molecule has 0 bridgehead atoms. The Labute approximate surface area is 192 Å². The standard InChI is InChI=1S/C19H23BrF2N4O2.S2/c1-19(2,3)28-18(27)26-5-4-15(13(22)9-26)25-17-10-6-11(20)12(21)7-16(10)24-8-14(17)23;1-2/h6-8,13,15H,4-5,9,23H2,1-3H3,(H,24,25);/t13?,15-;/m0./s1. The van der Waals surface area contributed by atoms with Gasteiger partial charge in [0.15, 0.2) is 0 Å². The first-order valence-corrected chi connectivity index (χ1v) is 11.3. The van der Waals surface area contributed by atoms with E-state index in [0.29, 0.717) is 35.2 Å². The van der Waals surface area contributed by atoms with Crippen LogP contribution in [0, 0.1) is 5.82 Å². The molecule has 30 heavy (non-hydrogen) atoms. The lowest BCUT2D eigenvalue weighted by Gasteiger charge is -2.36. The van der Waals surface area contributed by atoms with Crippen molar-refractivity contribution in [2.45, 2.75) is 45.0 Å². The van der Waals surface area contributed by atoms with Gasteiger partial charge in [-0.25, -0.2) is 13.6 Å². The molecule has 1 aromatic heterocycles. The largest absolute Gasteiger partial charge is 0.444 e. The number of nitrogens with zero attached hydrogens (tertiary/aromatic N) is 2. The molecular weight excluding hydrogens is 498 g/mol. The molecule has 3 N–H and O–H groups in total. The molecule has 1 aliphatic heterocycles. The van der Waals surface area contributed by atoms with Gasteiger partial charge in [0.25, 0.3) is 0 Å². The Morgan fingerprint density at radius 2 is 2.07 bits per heavy atom. The van der Waals surface area contributed by atoms with Crippen LogP contribution < -0.4 is 11.1 Å². The summed E-state index contributed by atoms with van der Waals surface area (Å²) in [4.78, 5) is 17.7. The highest BCUT2D eigenvalue weighted by Gasteiger charge is 2.34. The third-order valence-electron chi connectivity index (χ3n) is 4.46. The number of fused-ring (bicyclic) bond motifs is 1. The Bertz CT molecular complexity index is 930. The van der Waals surface area contributed by atoms with E-state index in [1.807, 2.05) is 0 Å². The smallest absolute Gasteiger partial charge is 0.410 e. The summed E-state index contributed by atoms with van der Waals surface area (Å²) in [6, 6.07) is 2.32. The van der Waals surface area contributed by atoms with Crippen molar-refractivity contribution in [3.05, 3.63) is 28.6 Å². The van der Waals surface area contributed by atoms with Gasteiger partial charge in [0.2, 0.25) is 0 Å². The quantitative estimate of drug-likeness (QED) is 0.604. The highest BCUT2D eigenvalue weighted by Crippen LogP contribution is 2.33. The zero-order valence-corrected chi connectivity index (χ0v) is 20.0. The number of anilines is 2. The van der Waals surface area contributed by atoms with Crippen molar-refractivity contribution in [1.29, 1.82) is 0 Å². The first-order chi connectivity index (χ1) is 14.0. The summed E-state index contributed by atoms with van der Waals surface area (Å²) >= 11 is 10.5. The Morgan fingerprint density at radius 3 is 2.67 bits per heavy atom. The lowest BCUT2D eigenvalue weighted by Crippen LogP contribution is -2.51. The molecule has 2 aromatic rings. The molecule has 0 radical (unpaired) electrons. The summed E-state index contributed by atoms with van der Waals surface area (Å²) in [6.45, 7) is 5.58. The van der Waals surface area contributed by atoms with Gasteiger partial charge in [-0.3, -0.25) is 4.98 Å². The van der Waals surface area contributed by atoms with E-state index in [4.69, 9.17) is 10.5 Å². The Morgan fingerprint density at radius 1 is 1.40 bits per heavy atom. The highest BCUT2D eigenvalue weighted by molar-refractivity contribution is 9.10. The van der Waals surface area contributed by atoms with Crippen molar-refractivity contribution in [2.75, 3.05) is 24.1 Å². The molecule has 1 unspecified atom stereocenters. The summed E-state index contributed by atoms with van der Waals surface area (Å²) in [5, 5.41) is 3.73. The number of nitrogens with two attached hydrogens (primary N) is 1. The van der Waals surface area contributed by atoms with Gasteiger partial charge in [0.05, 0.1) is 40.1 Å². The van der Waals surface area contributed by atoms with Crippen LogP contribution in [0.1, 0.15) is 27.2 Å². The number of carbonyl (C=O) groups is 1. The molecule has 3 rings (SSSR count). The van der Waals surface area contributed by atoms with Crippen LogP contribution in [0.4, 0.5) is 25.0 Å². The van der Waals surface area contributed by atoms with Gasteiger partial charge in [0.1, 0.15) is 17.6 Å².